The number of benzene rings is 2. The van der Waals surface area contributed by atoms with Crippen molar-refractivity contribution in [1.82, 2.24) is 10.9 Å². The Kier molecular flexibility index (Phi) is 3.99. The monoisotopic (exact) mass is 326 g/mol. The van der Waals surface area contributed by atoms with Crippen LogP contribution in [0.5, 0.6) is 5.75 Å². The molecule has 0 fully saturated rings. The molecule has 5 nitrogen and oxygen atoms in total. The molecule has 0 unspecified atom stereocenters. The average Bonchev–Trinajstić information content (AvgIpc) is 2.98. The first kappa shape index (κ1) is 15.1. The summed E-state index contributed by atoms with van der Waals surface area (Å²) in [6.07, 6.45) is 0. The molecule has 3 aromatic rings. The minimum Gasteiger partial charge on any atom is -0.507 e. The van der Waals surface area contributed by atoms with Gasteiger partial charge in [-0.15, -0.1) is 11.3 Å². The van der Waals surface area contributed by atoms with E-state index in [0.29, 0.717) is 4.88 Å². The number of thiophene rings is 1. The minimum atomic E-state index is -0.574. The van der Waals surface area contributed by atoms with E-state index in [1.807, 2.05) is 37.3 Å². The lowest BCUT2D eigenvalue weighted by Crippen LogP contribution is -2.41. The summed E-state index contributed by atoms with van der Waals surface area (Å²) >= 11 is 1.34. The maximum absolute atomic E-state index is 12.2. The van der Waals surface area contributed by atoms with Gasteiger partial charge < -0.3 is 5.11 Å². The van der Waals surface area contributed by atoms with Gasteiger partial charge in [-0.05, 0) is 42.0 Å². The van der Waals surface area contributed by atoms with Crippen molar-refractivity contribution >= 4 is 33.9 Å². The second-order valence-electron chi connectivity index (χ2n) is 5.04. The quantitative estimate of drug-likeness (QED) is 0.634. The number of rotatable bonds is 2. The van der Waals surface area contributed by atoms with Crippen LogP contribution in [0.1, 0.15) is 24.9 Å². The third kappa shape index (κ3) is 3.17. The van der Waals surface area contributed by atoms with Crippen LogP contribution < -0.4 is 10.9 Å². The van der Waals surface area contributed by atoms with E-state index < -0.39 is 11.8 Å². The topological polar surface area (TPSA) is 78.4 Å². The molecule has 6 heteroatoms. The fourth-order valence-electron chi connectivity index (χ4n) is 2.21. The Morgan fingerprint density at radius 2 is 1.61 bits per heavy atom. The van der Waals surface area contributed by atoms with Gasteiger partial charge in [0.15, 0.2) is 0 Å². The molecule has 3 rings (SSSR count). The Labute approximate surface area is 136 Å². The van der Waals surface area contributed by atoms with Crippen LogP contribution in [-0.4, -0.2) is 16.9 Å². The number of hydrogen-bond acceptors (Lipinski definition) is 4. The molecule has 23 heavy (non-hydrogen) atoms. The predicted octanol–water partition coefficient (Wildman–Crippen LogP) is 2.99. The number of fused-ring (bicyclic) bond motifs is 1. The van der Waals surface area contributed by atoms with Crippen molar-refractivity contribution in [1.29, 1.82) is 0 Å². The Morgan fingerprint density at radius 1 is 0.957 bits per heavy atom. The number of phenolic OH excluding ortho intramolecular Hbond substituents is 1. The zero-order valence-corrected chi connectivity index (χ0v) is 13.1. The minimum absolute atomic E-state index is 0.103. The molecule has 116 valence electrons. The van der Waals surface area contributed by atoms with Crippen molar-refractivity contribution in [3.63, 3.8) is 0 Å². The number of nitrogens with one attached hydrogen (secondary N) is 2. The van der Waals surface area contributed by atoms with Gasteiger partial charge in [0.05, 0.1) is 10.4 Å². The van der Waals surface area contributed by atoms with Crippen molar-refractivity contribution in [3.8, 4) is 5.75 Å². The first-order chi connectivity index (χ1) is 11.0. The maximum Gasteiger partial charge on any atom is 0.279 e. The van der Waals surface area contributed by atoms with Gasteiger partial charge in [0.25, 0.3) is 11.8 Å². The summed E-state index contributed by atoms with van der Waals surface area (Å²) in [7, 11) is 0. The maximum atomic E-state index is 12.2. The van der Waals surface area contributed by atoms with E-state index in [-0.39, 0.29) is 11.3 Å². The summed E-state index contributed by atoms with van der Waals surface area (Å²) < 4.78 is 0. The molecule has 0 bridgehead atoms. The van der Waals surface area contributed by atoms with Gasteiger partial charge in [0.1, 0.15) is 5.75 Å². The van der Waals surface area contributed by atoms with Gasteiger partial charge in [-0.3, -0.25) is 20.4 Å². The molecular weight excluding hydrogens is 312 g/mol. The first-order valence-corrected chi connectivity index (χ1v) is 7.75. The normalized spacial score (nSPS) is 10.5. The van der Waals surface area contributed by atoms with E-state index in [1.54, 1.807) is 12.1 Å². The first-order valence-electron chi connectivity index (χ1n) is 6.93. The van der Waals surface area contributed by atoms with E-state index in [9.17, 15) is 14.7 Å². The lowest BCUT2D eigenvalue weighted by atomic mass is 10.1. The molecule has 0 aliphatic carbocycles. The van der Waals surface area contributed by atoms with Crippen LogP contribution >= 0.6 is 11.3 Å². The van der Waals surface area contributed by atoms with Gasteiger partial charge in [0.2, 0.25) is 0 Å². The molecule has 2 aromatic carbocycles. The molecule has 1 aromatic heterocycles. The van der Waals surface area contributed by atoms with Crippen molar-refractivity contribution in [3.05, 3.63) is 63.8 Å². The number of amides is 2. The number of hydrazine groups is 1. The van der Waals surface area contributed by atoms with E-state index in [0.717, 1.165) is 15.6 Å². The highest BCUT2D eigenvalue weighted by molar-refractivity contribution is 7.13. The summed E-state index contributed by atoms with van der Waals surface area (Å²) in [4.78, 5) is 25.6. The van der Waals surface area contributed by atoms with Gasteiger partial charge in [-0.1, -0.05) is 24.3 Å². The van der Waals surface area contributed by atoms with E-state index in [1.165, 1.54) is 17.4 Å². The van der Waals surface area contributed by atoms with Gasteiger partial charge in [0, 0.05) is 4.88 Å². The molecule has 0 spiro atoms. The molecule has 0 aliphatic rings. The molecule has 1 heterocycles. The molecule has 2 amide bonds. The second-order valence-corrected chi connectivity index (χ2v) is 6.32. The Morgan fingerprint density at radius 3 is 2.26 bits per heavy atom. The average molecular weight is 326 g/mol. The molecule has 3 N–H and O–H groups in total. The van der Waals surface area contributed by atoms with Crippen LogP contribution in [0.2, 0.25) is 0 Å². The molecule has 0 atom stereocenters. The zero-order chi connectivity index (χ0) is 16.4. The number of phenols is 1. The highest BCUT2D eigenvalue weighted by atomic mass is 32.1. The standard InChI is InChI=1S/C17H14N2O3S/c1-10-6-7-15(23-10)17(22)19-18-16(21)13-8-11-4-2-3-5-12(11)9-14(13)20/h2-9,20H,1H3,(H,18,21)(H,19,22). The summed E-state index contributed by atoms with van der Waals surface area (Å²) in [5.41, 5.74) is 4.77. The second kappa shape index (κ2) is 6.10. The fourth-order valence-corrected chi connectivity index (χ4v) is 2.97. The molecular formula is C17H14N2O3S. The number of aromatic hydroxyl groups is 1. The Balaban J connectivity index is 1.75. The summed E-state index contributed by atoms with van der Waals surface area (Å²) in [5.74, 6) is -1.10. The Bertz CT molecular complexity index is 902. The van der Waals surface area contributed by atoms with Crippen LogP contribution in [0.4, 0.5) is 0 Å². The van der Waals surface area contributed by atoms with Crippen LogP contribution in [0.25, 0.3) is 10.8 Å². The predicted molar refractivity (Wildman–Crippen MR) is 89.6 cm³/mol. The van der Waals surface area contributed by atoms with E-state index in [2.05, 4.69) is 10.9 Å². The fraction of sp³-hybridized carbons (Fsp3) is 0.0588. The van der Waals surface area contributed by atoms with Crippen molar-refractivity contribution < 1.29 is 14.7 Å². The molecule has 0 saturated heterocycles. The summed E-state index contributed by atoms with van der Waals surface area (Å²) in [5, 5.41) is 11.7. The summed E-state index contributed by atoms with van der Waals surface area (Å²) in [6.45, 7) is 1.90. The van der Waals surface area contributed by atoms with E-state index >= 15 is 0 Å². The van der Waals surface area contributed by atoms with Crippen LogP contribution in [0.15, 0.2) is 48.5 Å². The van der Waals surface area contributed by atoms with Crippen LogP contribution in [-0.2, 0) is 0 Å². The van der Waals surface area contributed by atoms with Crippen LogP contribution in [0, 0.1) is 6.92 Å². The molecule has 0 aliphatic heterocycles. The summed E-state index contributed by atoms with van der Waals surface area (Å²) in [6, 6.07) is 14.0. The number of aryl methyl sites for hydroxylation is 1. The van der Waals surface area contributed by atoms with Crippen molar-refractivity contribution in [2.45, 2.75) is 6.92 Å². The molecule has 0 radical (unpaired) electrons. The highest BCUT2D eigenvalue weighted by Crippen LogP contribution is 2.24. The number of carbonyl (C=O) groups excluding carboxylic acids is 2. The van der Waals surface area contributed by atoms with Crippen molar-refractivity contribution in [2.24, 2.45) is 0 Å². The SMILES string of the molecule is Cc1ccc(C(=O)NNC(=O)c2cc3ccccc3cc2O)s1. The van der Waals surface area contributed by atoms with E-state index in [4.69, 9.17) is 0 Å². The highest BCUT2D eigenvalue weighted by Gasteiger charge is 2.14. The number of carbonyl (C=O) groups is 2. The van der Waals surface area contributed by atoms with Crippen molar-refractivity contribution in [2.75, 3.05) is 0 Å². The lowest BCUT2D eigenvalue weighted by Gasteiger charge is -2.09. The number of hydrogen-bond donors (Lipinski definition) is 3. The Hall–Kier alpha value is -2.86. The smallest absolute Gasteiger partial charge is 0.279 e. The molecule has 0 saturated carbocycles. The van der Waals surface area contributed by atoms with Gasteiger partial charge >= 0.3 is 0 Å². The third-order valence-electron chi connectivity index (χ3n) is 3.36. The lowest BCUT2D eigenvalue weighted by molar-refractivity contribution is 0.0847. The van der Waals surface area contributed by atoms with Gasteiger partial charge in [-0.25, -0.2) is 0 Å². The third-order valence-corrected chi connectivity index (χ3v) is 4.36. The largest absolute Gasteiger partial charge is 0.507 e. The van der Waals surface area contributed by atoms with Gasteiger partial charge in [-0.2, -0.15) is 0 Å². The zero-order valence-electron chi connectivity index (χ0n) is 12.3. The van der Waals surface area contributed by atoms with Crippen LogP contribution in [0.3, 0.4) is 0 Å².